The molecule has 3 rings (SSSR count). The van der Waals surface area contributed by atoms with Crippen molar-refractivity contribution < 1.29 is 4.42 Å². The third-order valence-corrected chi connectivity index (χ3v) is 4.14. The summed E-state index contributed by atoms with van der Waals surface area (Å²) in [7, 11) is 0. The van der Waals surface area contributed by atoms with Crippen LogP contribution in [0.15, 0.2) is 40.9 Å². The molecule has 0 spiro atoms. The summed E-state index contributed by atoms with van der Waals surface area (Å²) in [6, 6.07) is 10.8. The summed E-state index contributed by atoms with van der Waals surface area (Å²) in [6.45, 7) is 5.26. The maximum Gasteiger partial charge on any atom is 0.211 e. The van der Waals surface area contributed by atoms with Gasteiger partial charge in [-0.1, -0.05) is 37.3 Å². The number of nitrogens with zero attached hydrogens (tertiary/aromatic N) is 1. The molecule has 1 fully saturated rings. The second-order valence-electron chi connectivity index (χ2n) is 5.69. The molecular weight excluding hydrogens is 248 g/mol. The van der Waals surface area contributed by atoms with Crippen molar-refractivity contribution in [3.63, 3.8) is 0 Å². The third-order valence-electron chi connectivity index (χ3n) is 4.14. The number of aromatic nitrogens is 1. The van der Waals surface area contributed by atoms with Gasteiger partial charge in [0.15, 0.2) is 0 Å². The molecule has 0 bridgehead atoms. The minimum atomic E-state index is 0.0803. The van der Waals surface area contributed by atoms with Crippen LogP contribution in [0.2, 0.25) is 0 Å². The minimum absolute atomic E-state index is 0.0803. The van der Waals surface area contributed by atoms with E-state index in [1.807, 2.05) is 6.20 Å². The Bertz CT molecular complexity index is 557. The average molecular weight is 270 g/mol. The van der Waals surface area contributed by atoms with Gasteiger partial charge in [0.05, 0.1) is 17.7 Å². The van der Waals surface area contributed by atoms with E-state index < -0.39 is 0 Å². The Morgan fingerprint density at radius 3 is 2.70 bits per heavy atom. The van der Waals surface area contributed by atoms with Crippen molar-refractivity contribution in [2.45, 2.75) is 44.6 Å². The molecule has 2 aromatic rings. The summed E-state index contributed by atoms with van der Waals surface area (Å²) in [5, 5.41) is 3.42. The highest BCUT2D eigenvalue weighted by molar-refractivity contribution is 5.39. The number of hydrogen-bond donors (Lipinski definition) is 1. The van der Waals surface area contributed by atoms with Crippen LogP contribution in [0.25, 0.3) is 0 Å². The van der Waals surface area contributed by atoms with Crippen LogP contribution in [0.4, 0.5) is 0 Å². The summed E-state index contributed by atoms with van der Waals surface area (Å²) in [4.78, 5) is 4.47. The fourth-order valence-corrected chi connectivity index (χ4v) is 2.72. The Morgan fingerprint density at radius 1 is 1.30 bits per heavy atom. The molecule has 1 aliphatic carbocycles. The molecule has 0 aliphatic heterocycles. The molecule has 1 unspecified atom stereocenters. The van der Waals surface area contributed by atoms with Crippen molar-refractivity contribution in [1.29, 1.82) is 0 Å². The summed E-state index contributed by atoms with van der Waals surface area (Å²) in [6.07, 6.45) is 5.34. The van der Waals surface area contributed by atoms with Crippen molar-refractivity contribution in [3.8, 4) is 0 Å². The molecule has 0 saturated heterocycles. The van der Waals surface area contributed by atoms with Crippen molar-refractivity contribution in [2.75, 3.05) is 6.54 Å². The normalized spacial score (nSPS) is 17.9. The number of benzene rings is 1. The zero-order chi connectivity index (χ0) is 14.0. The highest BCUT2D eigenvalue weighted by Crippen LogP contribution is 2.53. The molecule has 3 heteroatoms. The van der Waals surface area contributed by atoms with Gasteiger partial charge >= 0.3 is 0 Å². The lowest BCUT2D eigenvalue weighted by molar-refractivity contribution is 0.382. The van der Waals surface area contributed by atoms with Crippen molar-refractivity contribution >= 4 is 0 Å². The summed E-state index contributed by atoms with van der Waals surface area (Å²) in [5.74, 6) is 1.82. The number of oxazole rings is 1. The molecule has 1 atom stereocenters. The van der Waals surface area contributed by atoms with Crippen LogP contribution < -0.4 is 5.32 Å². The molecular formula is C17H22N2O. The molecule has 1 N–H and O–H groups in total. The zero-order valence-corrected chi connectivity index (χ0v) is 12.2. The second kappa shape index (κ2) is 5.41. The lowest BCUT2D eigenvalue weighted by Gasteiger charge is -2.13. The van der Waals surface area contributed by atoms with Crippen molar-refractivity contribution in [2.24, 2.45) is 0 Å². The molecule has 106 valence electrons. The van der Waals surface area contributed by atoms with Crippen molar-refractivity contribution in [3.05, 3.63) is 53.7 Å². The summed E-state index contributed by atoms with van der Waals surface area (Å²) >= 11 is 0. The fourth-order valence-electron chi connectivity index (χ4n) is 2.72. The Morgan fingerprint density at radius 2 is 2.05 bits per heavy atom. The van der Waals surface area contributed by atoms with E-state index in [0.29, 0.717) is 0 Å². The van der Waals surface area contributed by atoms with Gasteiger partial charge in [-0.2, -0.15) is 0 Å². The number of hydrogen-bond acceptors (Lipinski definition) is 3. The lowest BCUT2D eigenvalue weighted by Crippen LogP contribution is -2.19. The topological polar surface area (TPSA) is 38.1 Å². The first-order chi connectivity index (χ1) is 9.76. The van der Waals surface area contributed by atoms with E-state index in [9.17, 15) is 0 Å². The van der Waals surface area contributed by atoms with Gasteiger partial charge in [0.25, 0.3) is 0 Å². The Labute approximate surface area is 120 Å². The SMILES string of the molecule is CCCNC(C)c1ncc(C2(c3ccccc3)CC2)o1. The van der Waals surface area contributed by atoms with E-state index in [1.165, 1.54) is 5.56 Å². The van der Waals surface area contributed by atoms with Crippen LogP contribution >= 0.6 is 0 Å². The lowest BCUT2D eigenvalue weighted by atomic mass is 9.94. The van der Waals surface area contributed by atoms with E-state index in [2.05, 4.69) is 54.5 Å². The third kappa shape index (κ3) is 2.38. The van der Waals surface area contributed by atoms with E-state index in [-0.39, 0.29) is 11.5 Å². The van der Waals surface area contributed by atoms with Gasteiger partial charge in [-0.15, -0.1) is 0 Å². The van der Waals surface area contributed by atoms with E-state index >= 15 is 0 Å². The molecule has 1 aliphatic rings. The minimum Gasteiger partial charge on any atom is -0.443 e. The molecule has 1 aromatic heterocycles. The predicted octanol–water partition coefficient (Wildman–Crippen LogP) is 3.82. The summed E-state index contributed by atoms with van der Waals surface area (Å²) in [5.41, 5.74) is 1.42. The van der Waals surface area contributed by atoms with Crippen molar-refractivity contribution in [1.82, 2.24) is 10.3 Å². The highest BCUT2D eigenvalue weighted by Gasteiger charge is 2.49. The second-order valence-corrected chi connectivity index (χ2v) is 5.69. The monoisotopic (exact) mass is 270 g/mol. The number of rotatable bonds is 6. The molecule has 1 aromatic carbocycles. The maximum atomic E-state index is 6.05. The first kappa shape index (κ1) is 13.4. The zero-order valence-electron chi connectivity index (χ0n) is 12.2. The largest absolute Gasteiger partial charge is 0.443 e. The summed E-state index contributed by atoms with van der Waals surface area (Å²) < 4.78 is 6.05. The standard InChI is InChI=1S/C17H22N2O/c1-3-11-18-13(2)16-19-12-15(20-16)17(9-10-17)14-7-5-4-6-8-14/h4-8,12-13,18H,3,9-11H2,1-2H3. The van der Waals surface area contributed by atoms with Gasteiger partial charge in [0, 0.05) is 0 Å². The first-order valence-corrected chi connectivity index (χ1v) is 7.51. The molecule has 0 amide bonds. The Hall–Kier alpha value is -1.61. The predicted molar refractivity (Wildman–Crippen MR) is 79.7 cm³/mol. The van der Waals surface area contributed by atoms with Gasteiger partial charge in [-0.25, -0.2) is 4.98 Å². The van der Waals surface area contributed by atoms with Gasteiger partial charge in [0.1, 0.15) is 5.76 Å². The molecule has 1 heterocycles. The van der Waals surface area contributed by atoms with Gasteiger partial charge < -0.3 is 9.73 Å². The first-order valence-electron chi connectivity index (χ1n) is 7.51. The van der Waals surface area contributed by atoms with Crippen LogP contribution in [0.5, 0.6) is 0 Å². The molecule has 0 radical (unpaired) electrons. The van der Waals surface area contributed by atoms with Gasteiger partial charge in [0.2, 0.25) is 5.89 Å². The number of nitrogens with one attached hydrogen (secondary N) is 1. The van der Waals surface area contributed by atoms with Crippen LogP contribution in [0.1, 0.15) is 56.4 Å². The molecule has 20 heavy (non-hydrogen) atoms. The Kier molecular flexibility index (Phi) is 3.62. The highest BCUT2D eigenvalue weighted by atomic mass is 16.4. The molecule has 1 saturated carbocycles. The van der Waals surface area contributed by atoms with Gasteiger partial charge in [-0.05, 0) is 38.3 Å². The fraction of sp³-hybridized carbons (Fsp3) is 0.471. The molecule has 3 nitrogen and oxygen atoms in total. The van der Waals surface area contributed by atoms with Crippen LogP contribution in [0.3, 0.4) is 0 Å². The smallest absolute Gasteiger partial charge is 0.211 e. The van der Waals surface area contributed by atoms with Gasteiger partial charge in [-0.3, -0.25) is 0 Å². The van der Waals surface area contributed by atoms with Crippen LogP contribution in [-0.4, -0.2) is 11.5 Å². The van der Waals surface area contributed by atoms with Crippen LogP contribution in [0, 0.1) is 0 Å². The maximum absolute atomic E-state index is 6.05. The average Bonchev–Trinajstić information content (AvgIpc) is 3.16. The van der Waals surface area contributed by atoms with E-state index in [4.69, 9.17) is 4.42 Å². The van der Waals surface area contributed by atoms with Crippen LogP contribution in [-0.2, 0) is 5.41 Å². The van der Waals surface area contributed by atoms with E-state index in [1.54, 1.807) is 0 Å². The van der Waals surface area contributed by atoms with E-state index in [0.717, 1.165) is 37.5 Å². The quantitative estimate of drug-likeness (QED) is 0.867. The Balaban J connectivity index is 1.80.